The number of piperazine rings is 1. The fourth-order valence-electron chi connectivity index (χ4n) is 4.92. The Labute approximate surface area is 103 Å². The predicted molar refractivity (Wildman–Crippen MR) is 65.6 cm³/mol. The Balaban J connectivity index is 1.68. The van der Waals surface area contributed by atoms with Crippen LogP contribution >= 0.6 is 0 Å². The Kier molecular flexibility index (Phi) is 2.26. The smallest absolute Gasteiger partial charge is 0.237 e. The molecule has 2 saturated carbocycles. The van der Waals surface area contributed by atoms with Gasteiger partial charge in [-0.3, -0.25) is 9.69 Å². The van der Waals surface area contributed by atoms with Crippen LogP contribution in [0.1, 0.15) is 51.4 Å². The molecule has 0 spiro atoms. The van der Waals surface area contributed by atoms with Gasteiger partial charge < -0.3 is 5.32 Å². The summed E-state index contributed by atoms with van der Waals surface area (Å²) in [6.45, 7) is 0. The van der Waals surface area contributed by atoms with E-state index in [-0.39, 0.29) is 6.04 Å². The van der Waals surface area contributed by atoms with Crippen LogP contribution in [-0.4, -0.2) is 35.0 Å². The van der Waals surface area contributed by atoms with Crippen molar-refractivity contribution < 1.29 is 4.79 Å². The van der Waals surface area contributed by atoms with Crippen molar-refractivity contribution in [1.82, 2.24) is 10.2 Å². The molecule has 3 heteroatoms. The first-order valence-electron chi connectivity index (χ1n) is 7.42. The molecule has 0 aromatic rings. The second kappa shape index (κ2) is 3.71. The number of amides is 1. The summed E-state index contributed by atoms with van der Waals surface area (Å²) in [7, 11) is 0. The van der Waals surface area contributed by atoms with Crippen molar-refractivity contribution in [2.75, 3.05) is 0 Å². The molecule has 3 atom stereocenters. The molecule has 0 unspecified atom stereocenters. The van der Waals surface area contributed by atoms with Crippen molar-refractivity contribution >= 4 is 5.91 Å². The fraction of sp³-hybridized carbons (Fsp3) is 0.929. The summed E-state index contributed by atoms with van der Waals surface area (Å²) in [5.41, 5.74) is 0. The molecule has 0 aromatic carbocycles. The van der Waals surface area contributed by atoms with E-state index >= 15 is 0 Å². The first-order chi connectivity index (χ1) is 8.34. The van der Waals surface area contributed by atoms with Gasteiger partial charge in [0.15, 0.2) is 0 Å². The van der Waals surface area contributed by atoms with Crippen LogP contribution in [0.3, 0.4) is 0 Å². The lowest BCUT2D eigenvalue weighted by Crippen LogP contribution is -2.73. The van der Waals surface area contributed by atoms with E-state index < -0.39 is 0 Å². The Hall–Kier alpha value is -0.570. The maximum atomic E-state index is 12.3. The Morgan fingerprint density at radius 1 is 1.00 bits per heavy atom. The molecule has 3 saturated heterocycles. The van der Waals surface area contributed by atoms with E-state index in [4.69, 9.17) is 0 Å². The molecule has 5 fully saturated rings. The second-order valence-electron chi connectivity index (χ2n) is 6.43. The summed E-state index contributed by atoms with van der Waals surface area (Å²) < 4.78 is 0. The van der Waals surface area contributed by atoms with E-state index in [2.05, 4.69) is 10.2 Å². The van der Waals surface area contributed by atoms with Gasteiger partial charge in [-0.05, 0) is 44.4 Å². The maximum absolute atomic E-state index is 12.3. The summed E-state index contributed by atoms with van der Waals surface area (Å²) in [4.78, 5) is 15.0. The molecule has 0 radical (unpaired) electrons. The van der Waals surface area contributed by atoms with Crippen LogP contribution in [0.15, 0.2) is 0 Å². The van der Waals surface area contributed by atoms with E-state index in [9.17, 15) is 4.79 Å². The molecule has 5 aliphatic rings. The minimum atomic E-state index is 0.238. The van der Waals surface area contributed by atoms with Gasteiger partial charge >= 0.3 is 0 Å². The fourth-order valence-corrected chi connectivity index (χ4v) is 4.92. The molecule has 1 N–H and O–H groups in total. The largest absolute Gasteiger partial charge is 0.350 e. The zero-order chi connectivity index (χ0) is 11.4. The topological polar surface area (TPSA) is 32.3 Å². The number of hydrogen-bond acceptors (Lipinski definition) is 2. The standard InChI is InChI=1S/C14H22N2O/c17-14-13-9-5-7-10(8-6-9)16(13)12-4-2-1-3-11(12)15-14/h9-13H,1-8H2,(H,15,17)/t9?,10?,11-,12-,13-/m1/s1. The lowest BCUT2D eigenvalue weighted by molar-refractivity contribution is -0.151. The molecular weight excluding hydrogens is 212 g/mol. The molecule has 3 nitrogen and oxygen atoms in total. The highest BCUT2D eigenvalue weighted by atomic mass is 16.2. The summed E-state index contributed by atoms with van der Waals surface area (Å²) in [5, 5.41) is 3.32. The molecule has 5 rings (SSSR count). The number of hydrogen-bond donors (Lipinski definition) is 1. The minimum absolute atomic E-state index is 0.238. The SMILES string of the molecule is O=C1N[C@@H]2CCCC[C@H]2N2C3CCC(CC3)[C@H]12. The van der Waals surface area contributed by atoms with Gasteiger partial charge in [0, 0.05) is 18.1 Å². The van der Waals surface area contributed by atoms with Crippen LogP contribution in [-0.2, 0) is 4.79 Å². The summed E-state index contributed by atoms with van der Waals surface area (Å²) >= 11 is 0. The monoisotopic (exact) mass is 234 g/mol. The van der Waals surface area contributed by atoms with Crippen molar-refractivity contribution in [2.24, 2.45) is 5.92 Å². The summed E-state index contributed by atoms with van der Waals surface area (Å²) in [6.07, 6.45) is 10.4. The van der Waals surface area contributed by atoms with E-state index in [1.165, 1.54) is 51.4 Å². The van der Waals surface area contributed by atoms with Gasteiger partial charge in [-0.15, -0.1) is 0 Å². The summed E-state index contributed by atoms with van der Waals surface area (Å²) in [5.74, 6) is 1.01. The van der Waals surface area contributed by atoms with E-state index in [1.807, 2.05) is 0 Å². The first-order valence-corrected chi connectivity index (χ1v) is 7.42. The molecular formula is C14H22N2O. The lowest BCUT2D eigenvalue weighted by Gasteiger charge is -2.59. The van der Waals surface area contributed by atoms with Crippen LogP contribution in [0.2, 0.25) is 0 Å². The third-order valence-corrected chi connectivity index (χ3v) is 5.64. The number of rotatable bonds is 0. The number of nitrogens with zero attached hydrogens (tertiary/aromatic N) is 1. The molecule has 3 heterocycles. The quantitative estimate of drug-likeness (QED) is 0.691. The van der Waals surface area contributed by atoms with Crippen LogP contribution in [0.5, 0.6) is 0 Å². The number of piperidine rings is 2. The van der Waals surface area contributed by atoms with Crippen molar-refractivity contribution in [3.8, 4) is 0 Å². The van der Waals surface area contributed by atoms with E-state index in [1.54, 1.807) is 0 Å². The molecule has 1 amide bonds. The molecule has 94 valence electrons. The van der Waals surface area contributed by atoms with Gasteiger partial charge in [-0.1, -0.05) is 12.8 Å². The third-order valence-electron chi connectivity index (χ3n) is 5.64. The second-order valence-corrected chi connectivity index (χ2v) is 6.43. The number of fused-ring (bicyclic) bond motifs is 3. The van der Waals surface area contributed by atoms with Gasteiger partial charge in [-0.25, -0.2) is 0 Å². The number of carbonyl (C=O) groups excluding carboxylic acids is 1. The van der Waals surface area contributed by atoms with Crippen LogP contribution < -0.4 is 5.32 Å². The van der Waals surface area contributed by atoms with Crippen molar-refractivity contribution in [3.05, 3.63) is 0 Å². The maximum Gasteiger partial charge on any atom is 0.237 e. The van der Waals surface area contributed by atoms with Crippen molar-refractivity contribution in [3.63, 3.8) is 0 Å². The third kappa shape index (κ3) is 1.41. The van der Waals surface area contributed by atoms with E-state index in [0.29, 0.717) is 23.9 Å². The molecule has 2 bridgehead atoms. The van der Waals surface area contributed by atoms with Crippen LogP contribution in [0, 0.1) is 5.92 Å². The van der Waals surface area contributed by atoms with E-state index in [0.717, 1.165) is 6.04 Å². The van der Waals surface area contributed by atoms with Crippen LogP contribution in [0.25, 0.3) is 0 Å². The van der Waals surface area contributed by atoms with Gasteiger partial charge in [-0.2, -0.15) is 0 Å². The Morgan fingerprint density at radius 3 is 2.59 bits per heavy atom. The van der Waals surface area contributed by atoms with Crippen LogP contribution in [0.4, 0.5) is 0 Å². The highest BCUT2D eigenvalue weighted by Crippen LogP contribution is 2.44. The average Bonchev–Trinajstić information content (AvgIpc) is 2.40. The van der Waals surface area contributed by atoms with Gasteiger partial charge in [0.2, 0.25) is 5.91 Å². The zero-order valence-corrected chi connectivity index (χ0v) is 10.4. The molecule has 0 aromatic heterocycles. The number of nitrogens with one attached hydrogen (secondary N) is 1. The predicted octanol–water partition coefficient (Wildman–Crippen LogP) is 1.67. The molecule has 17 heavy (non-hydrogen) atoms. The van der Waals surface area contributed by atoms with Gasteiger partial charge in [0.25, 0.3) is 0 Å². The van der Waals surface area contributed by atoms with Crippen molar-refractivity contribution in [2.45, 2.75) is 75.5 Å². The zero-order valence-electron chi connectivity index (χ0n) is 10.4. The minimum Gasteiger partial charge on any atom is -0.350 e. The number of carbonyl (C=O) groups is 1. The van der Waals surface area contributed by atoms with Gasteiger partial charge in [0.05, 0.1) is 6.04 Å². The normalized spacial score (nSPS) is 49.4. The first kappa shape index (κ1) is 10.4. The highest BCUT2D eigenvalue weighted by molar-refractivity contribution is 5.84. The highest BCUT2D eigenvalue weighted by Gasteiger charge is 2.52. The Morgan fingerprint density at radius 2 is 1.76 bits per heavy atom. The molecule has 3 aliphatic heterocycles. The molecule has 2 aliphatic carbocycles. The lowest BCUT2D eigenvalue weighted by atomic mass is 9.70. The van der Waals surface area contributed by atoms with Crippen molar-refractivity contribution in [1.29, 1.82) is 0 Å². The average molecular weight is 234 g/mol. The van der Waals surface area contributed by atoms with Gasteiger partial charge in [0.1, 0.15) is 0 Å². The Bertz CT molecular complexity index is 335. The summed E-state index contributed by atoms with van der Waals surface area (Å²) in [6, 6.07) is 2.09.